The average Bonchev–Trinajstić information content (AvgIpc) is 2.63. The summed E-state index contributed by atoms with van der Waals surface area (Å²) in [6.45, 7) is 5.72. The van der Waals surface area contributed by atoms with Gasteiger partial charge < -0.3 is 9.47 Å². The number of hydrogen-bond donors (Lipinski definition) is 2. The molecule has 0 radical (unpaired) electrons. The van der Waals surface area contributed by atoms with Gasteiger partial charge in [-0.05, 0) is 57.2 Å². The number of halogens is 3. The van der Waals surface area contributed by atoms with Crippen LogP contribution in [0.5, 0.6) is 11.5 Å². The Bertz CT molecular complexity index is 901. The van der Waals surface area contributed by atoms with Crippen LogP contribution in [0.2, 0.25) is 10.0 Å². The maximum absolute atomic E-state index is 11.9. The van der Waals surface area contributed by atoms with Crippen LogP contribution in [0.1, 0.15) is 26.3 Å². The molecule has 0 heterocycles. The molecule has 9 heteroatoms. The number of nitrogens with one attached hydrogen (secondary N) is 2. The second-order valence-electron chi connectivity index (χ2n) is 7.14. The van der Waals surface area contributed by atoms with Crippen molar-refractivity contribution in [1.82, 2.24) is 10.9 Å². The van der Waals surface area contributed by atoms with Gasteiger partial charge in [0.1, 0.15) is 11.5 Å². The minimum Gasteiger partial charge on any atom is -0.483 e. The van der Waals surface area contributed by atoms with E-state index in [1.807, 2.05) is 12.1 Å². The summed E-state index contributed by atoms with van der Waals surface area (Å²) in [6, 6.07) is 10.3. The lowest BCUT2D eigenvalue weighted by Crippen LogP contribution is -2.45. The van der Waals surface area contributed by atoms with Gasteiger partial charge in [-0.3, -0.25) is 20.4 Å². The molecule has 0 aliphatic rings. The summed E-state index contributed by atoms with van der Waals surface area (Å²) >= 11 is 15.2. The molecule has 0 aliphatic heterocycles. The lowest BCUT2D eigenvalue weighted by Gasteiger charge is -2.20. The molecule has 2 aromatic rings. The maximum Gasteiger partial charge on any atom is 0.276 e. The monoisotopic (exact) mass is 502 g/mol. The fraction of sp³-hybridized carbons (Fsp3) is 0.300. The first-order chi connectivity index (χ1) is 13.6. The molecular weight excluding hydrogens is 483 g/mol. The number of hydrogen-bond acceptors (Lipinski definition) is 4. The molecule has 0 saturated carbocycles. The number of carbonyl (C=O) groups excluding carboxylic acids is 2. The van der Waals surface area contributed by atoms with Crippen LogP contribution in [0.15, 0.2) is 40.9 Å². The second kappa shape index (κ2) is 10.2. The highest BCUT2D eigenvalue weighted by molar-refractivity contribution is 9.10. The highest BCUT2D eigenvalue weighted by atomic mass is 79.9. The summed E-state index contributed by atoms with van der Waals surface area (Å²) in [7, 11) is 0. The molecule has 2 amide bonds. The molecule has 0 saturated heterocycles. The van der Waals surface area contributed by atoms with Gasteiger partial charge in [-0.15, -0.1) is 0 Å². The van der Waals surface area contributed by atoms with Gasteiger partial charge >= 0.3 is 0 Å². The van der Waals surface area contributed by atoms with Crippen molar-refractivity contribution >= 4 is 50.9 Å². The fourth-order valence-corrected chi connectivity index (χ4v) is 3.13. The molecule has 0 spiro atoms. The van der Waals surface area contributed by atoms with Gasteiger partial charge in [0.15, 0.2) is 13.2 Å². The molecule has 2 aromatic carbocycles. The molecule has 6 nitrogen and oxygen atoms in total. The highest BCUT2D eigenvalue weighted by Crippen LogP contribution is 2.31. The maximum atomic E-state index is 11.9. The topological polar surface area (TPSA) is 76.7 Å². The Morgan fingerprint density at radius 2 is 1.48 bits per heavy atom. The van der Waals surface area contributed by atoms with Crippen molar-refractivity contribution in [3.63, 3.8) is 0 Å². The molecule has 0 bridgehead atoms. The first kappa shape index (κ1) is 23.3. The van der Waals surface area contributed by atoms with Crippen molar-refractivity contribution in [2.24, 2.45) is 0 Å². The van der Waals surface area contributed by atoms with E-state index in [2.05, 4.69) is 47.6 Å². The van der Waals surface area contributed by atoms with Crippen LogP contribution >= 0.6 is 39.1 Å². The first-order valence-corrected chi connectivity index (χ1v) is 10.2. The zero-order valence-corrected chi connectivity index (χ0v) is 19.2. The lowest BCUT2D eigenvalue weighted by molar-refractivity contribution is -0.131. The second-order valence-corrected chi connectivity index (χ2v) is 8.84. The van der Waals surface area contributed by atoms with Crippen molar-refractivity contribution < 1.29 is 19.1 Å². The van der Waals surface area contributed by atoms with Crippen molar-refractivity contribution in [2.45, 2.75) is 26.2 Å². The van der Waals surface area contributed by atoms with Crippen LogP contribution in [0.25, 0.3) is 0 Å². The van der Waals surface area contributed by atoms with Crippen molar-refractivity contribution in [2.75, 3.05) is 13.2 Å². The Labute approximate surface area is 188 Å². The van der Waals surface area contributed by atoms with E-state index in [0.717, 1.165) is 10.0 Å². The molecule has 2 N–H and O–H groups in total. The van der Waals surface area contributed by atoms with Crippen LogP contribution in [0, 0.1) is 0 Å². The Morgan fingerprint density at radius 1 is 0.931 bits per heavy atom. The average molecular weight is 504 g/mol. The number of ether oxygens (including phenoxy) is 2. The zero-order chi connectivity index (χ0) is 21.6. The van der Waals surface area contributed by atoms with Crippen molar-refractivity contribution in [3.8, 4) is 11.5 Å². The van der Waals surface area contributed by atoms with E-state index in [-0.39, 0.29) is 23.7 Å². The number of benzene rings is 2. The zero-order valence-electron chi connectivity index (χ0n) is 16.1. The molecular formula is C20H21BrCl2N2O4. The third kappa shape index (κ3) is 7.42. The van der Waals surface area contributed by atoms with E-state index in [0.29, 0.717) is 16.5 Å². The smallest absolute Gasteiger partial charge is 0.276 e. The molecule has 0 unspecified atom stereocenters. The first-order valence-electron chi connectivity index (χ1n) is 8.64. The number of hydrazine groups is 1. The normalized spacial score (nSPS) is 11.0. The van der Waals surface area contributed by atoms with Gasteiger partial charge in [-0.25, -0.2) is 0 Å². The van der Waals surface area contributed by atoms with Crippen LogP contribution in [0.4, 0.5) is 0 Å². The largest absolute Gasteiger partial charge is 0.483 e. The summed E-state index contributed by atoms with van der Waals surface area (Å²) in [5, 5.41) is 0.740. The summed E-state index contributed by atoms with van der Waals surface area (Å²) in [5.41, 5.74) is 5.63. The van der Waals surface area contributed by atoms with E-state index in [1.165, 1.54) is 6.07 Å². The standard InChI is InChI=1S/C20H21BrCl2N2O4/c1-20(2,3)12-4-6-16(14(21)8-12)28-10-18(26)24-25-19(27)11-29-17-7-5-13(22)9-15(17)23/h4-9H,10-11H2,1-3H3,(H,24,26)(H,25,27). The van der Waals surface area contributed by atoms with E-state index in [4.69, 9.17) is 32.7 Å². The van der Waals surface area contributed by atoms with Gasteiger partial charge in [-0.2, -0.15) is 0 Å². The van der Waals surface area contributed by atoms with Crippen molar-refractivity contribution in [1.29, 1.82) is 0 Å². The highest BCUT2D eigenvalue weighted by Gasteiger charge is 2.16. The predicted octanol–water partition coefficient (Wildman–Crippen LogP) is 4.66. The summed E-state index contributed by atoms with van der Waals surface area (Å²) in [6.07, 6.45) is 0. The molecule has 29 heavy (non-hydrogen) atoms. The Kier molecular flexibility index (Phi) is 8.19. The molecule has 0 aliphatic carbocycles. The van der Waals surface area contributed by atoms with Crippen molar-refractivity contribution in [3.05, 3.63) is 56.5 Å². The molecule has 156 valence electrons. The van der Waals surface area contributed by atoms with Crippen LogP contribution in [0.3, 0.4) is 0 Å². The SMILES string of the molecule is CC(C)(C)c1ccc(OCC(=O)NNC(=O)COc2ccc(Cl)cc2Cl)c(Br)c1. The minimum atomic E-state index is -0.555. The predicted molar refractivity (Wildman–Crippen MR) is 117 cm³/mol. The van der Waals surface area contributed by atoms with Gasteiger partial charge in [0.25, 0.3) is 11.8 Å². The molecule has 2 rings (SSSR count). The summed E-state index contributed by atoms with van der Waals surface area (Å²) < 4.78 is 11.5. The third-order valence-corrected chi connectivity index (χ3v) is 4.90. The van der Waals surface area contributed by atoms with E-state index >= 15 is 0 Å². The third-order valence-electron chi connectivity index (χ3n) is 3.75. The summed E-state index contributed by atoms with van der Waals surface area (Å²) in [4.78, 5) is 23.7. The lowest BCUT2D eigenvalue weighted by atomic mass is 9.87. The van der Waals surface area contributed by atoms with Crippen LogP contribution < -0.4 is 20.3 Å². The number of rotatable bonds is 6. The van der Waals surface area contributed by atoms with E-state index < -0.39 is 11.8 Å². The van der Waals surface area contributed by atoms with E-state index in [1.54, 1.807) is 18.2 Å². The van der Waals surface area contributed by atoms with Gasteiger partial charge in [0.2, 0.25) is 0 Å². The number of amides is 2. The Morgan fingerprint density at radius 3 is 2.00 bits per heavy atom. The fourth-order valence-electron chi connectivity index (χ4n) is 2.17. The molecule has 0 aromatic heterocycles. The van der Waals surface area contributed by atoms with E-state index in [9.17, 15) is 9.59 Å². The summed E-state index contributed by atoms with van der Waals surface area (Å²) in [5.74, 6) is -0.237. The number of carbonyl (C=O) groups is 2. The van der Waals surface area contributed by atoms with Gasteiger partial charge in [0.05, 0.1) is 9.50 Å². The van der Waals surface area contributed by atoms with Gasteiger partial charge in [0, 0.05) is 5.02 Å². The molecule has 0 atom stereocenters. The molecule has 0 fully saturated rings. The van der Waals surface area contributed by atoms with Crippen LogP contribution in [-0.2, 0) is 15.0 Å². The van der Waals surface area contributed by atoms with Crippen LogP contribution in [-0.4, -0.2) is 25.0 Å². The van der Waals surface area contributed by atoms with Gasteiger partial charge in [-0.1, -0.05) is 50.0 Å². The quantitative estimate of drug-likeness (QED) is 0.562. The minimum absolute atomic E-state index is 0.00101. The Balaban J connectivity index is 1.76. The Hall–Kier alpha value is -1.96.